The SMILES string of the molecule is CCC(C)CC(C)NCC(O)COCC(C)C. The van der Waals surface area contributed by atoms with E-state index in [4.69, 9.17) is 4.74 Å². The highest BCUT2D eigenvalue weighted by molar-refractivity contribution is 4.67. The Morgan fingerprint density at radius 2 is 1.76 bits per heavy atom. The molecule has 0 aliphatic rings. The molecule has 0 saturated heterocycles. The van der Waals surface area contributed by atoms with Gasteiger partial charge in [-0.3, -0.25) is 0 Å². The molecule has 0 bridgehead atoms. The molecule has 0 saturated carbocycles. The molecule has 0 rings (SSSR count). The molecule has 0 heterocycles. The Kier molecular flexibility index (Phi) is 9.79. The van der Waals surface area contributed by atoms with Gasteiger partial charge in [0.2, 0.25) is 0 Å². The molecular weight excluding hydrogens is 214 g/mol. The van der Waals surface area contributed by atoms with Crippen LogP contribution in [0, 0.1) is 11.8 Å². The van der Waals surface area contributed by atoms with E-state index in [1.165, 1.54) is 6.42 Å². The minimum absolute atomic E-state index is 0.395. The van der Waals surface area contributed by atoms with Gasteiger partial charge < -0.3 is 15.2 Å². The molecule has 0 radical (unpaired) electrons. The first-order chi connectivity index (χ1) is 7.95. The van der Waals surface area contributed by atoms with Gasteiger partial charge in [0, 0.05) is 19.2 Å². The third kappa shape index (κ3) is 10.7. The van der Waals surface area contributed by atoms with Crippen molar-refractivity contribution in [3.8, 4) is 0 Å². The van der Waals surface area contributed by atoms with Crippen molar-refractivity contribution in [1.82, 2.24) is 5.32 Å². The molecule has 0 aliphatic heterocycles. The molecule has 3 nitrogen and oxygen atoms in total. The Morgan fingerprint density at radius 1 is 1.12 bits per heavy atom. The number of ether oxygens (including phenoxy) is 1. The molecule has 0 amide bonds. The summed E-state index contributed by atoms with van der Waals surface area (Å²) in [5, 5.41) is 13.1. The van der Waals surface area contributed by atoms with E-state index in [1.54, 1.807) is 0 Å². The maximum atomic E-state index is 9.71. The van der Waals surface area contributed by atoms with E-state index in [0.29, 0.717) is 25.1 Å². The Labute approximate surface area is 107 Å². The largest absolute Gasteiger partial charge is 0.389 e. The Balaban J connectivity index is 3.51. The average Bonchev–Trinajstić information content (AvgIpc) is 2.25. The summed E-state index contributed by atoms with van der Waals surface area (Å²) in [6, 6.07) is 0.463. The zero-order valence-electron chi connectivity index (χ0n) is 12.2. The summed E-state index contributed by atoms with van der Waals surface area (Å²) in [4.78, 5) is 0. The summed E-state index contributed by atoms with van der Waals surface area (Å²) in [6.07, 6.45) is 1.98. The van der Waals surface area contributed by atoms with Gasteiger partial charge in [0.25, 0.3) is 0 Å². The van der Waals surface area contributed by atoms with Gasteiger partial charge >= 0.3 is 0 Å². The van der Waals surface area contributed by atoms with E-state index in [1.807, 2.05) is 0 Å². The van der Waals surface area contributed by atoms with E-state index >= 15 is 0 Å². The van der Waals surface area contributed by atoms with Crippen LogP contribution in [0.5, 0.6) is 0 Å². The zero-order valence-corrected chi connectivity index (χ0v) is 12.2. The number of aliphatic hydroxyl groups is 1. The molecule has 0 aliphatic carbocycles. The topological polar surface area (TPSA) is 41.5 Å². The second-order valence-corrected chi connectivity index (χ2v) is 5.64. The van der Waals surface area contributed by atoms with Gasteiger partial charge in [-0.15, -0.1) is 0 Å². The van der Waals surface area contributed by atoms with Crippen LogP contribution in [-0.2, 0) is 4.74 Å². The van der Waals surface area contributed by atoms with Gasteiger partial charge in [-0.05, 0) is 25.2 Å². The number of aliphatic hydroxyl groups excluding tert-OH is 1. The molecule has 0 fully saturated rings. The summed E-state index contributed by atoms with van der Waals surface area (Å²) in [7, 11) is 0. The molecule has 0 spiro atoms. The summed E-state index contributed by atoms with van der Waals surface area (Å²) in [5.74, 6) is 1.27. The summed E-state index contributed by atoms with van der Waals surface area (Å²) < 4.78 is 5.40. The normalized spacial score (nSPS) is 17.1. The smallest absolute Gasteiger partial charge is 0.0897 e. The molecule has 17 heavy (non-hydrogen) atoms. The molecule has 104 valence electrons. The van der Waals surface area contributed by atoms with Crippen molar-refractivity contribution < 1.29 is 9.84 Å². The molecule has 3 unspecified atom stereocenters. The van der Waals surface area contributed by atoms with Crippen molar-refractivity contribution in [3.05, 3.63) is 0 Å². The molecule has 0 aromatic carbocycles. The van der Waals surface area contributed by atoms with E-state index in [2.05, 4.69) is 39.9 Å². The predicted octanol–water partition coefficient (Wildman–Crippen LogP) is 2.43. The van der Waals surface area contributed by atoms with Gasteiger partial charge in [0.15, 0.2) is 0 Å². The second kappa shape index (κ2) is 9.86. The Hall–Kier alpha value is -0.120. The van der Waals surface area contributed by atoms with Gasteiger partial charge in [-0.2, -0.15) is 0 Å². The third-order valence-corrected chi connectivity index (χ3v) is 2.92. The van der Waals surface area contributed by atoms with Gasteiger partial charge in [0.1, 0.15) is 0 Å². The van der Waals surface area contributed by atoms with E-state index in [0.717, 1.165) is 18.9 Å². The molecule has 3 atom stereocenters. The lowest BCUT2D eigenvalue weighted by atomic mass is 10.0. The highest BCUT2D eigenvalue weighted by Crippen LogP contribution is 2.09. The summed E-state index contributed by atoms with van der Waals surface area (Å²) >= 11 is 0. The fraction of sp³-hybridized carbons (Fsp3) is 1.00. The summed E-state index contributed by atoms with van der Waals surface area (Å²) in [5.41, 5.74) is 0. The number of hydrogen-bond donors (Lipinski definition) is 2. The van der Waals surface area contributed by atoms with Crippen molar-refractivity contribution in [2.75, 3.05) is 19.8 Å². The van der Waals surface area contributed by atoms with Crippen molar-refractivity contribution >= 4 is 0 Å². The van der Waals surface area contributed by atoms with E-state index < -0.39 is 6.10 Å². The lowest BCUT2D eigenvalue weighted by Gasteiger charge is -2.20. The highest BCUT2D eigenvalue weighted by Gasteiger charge is 2.10. The van der Waals surface area contributed by atoms with Crippen molar-refractivity contribution in [1.29, 1.82) is 0 Å². The average molecular weight is 245 g/mol. The fourth-order valence-corrected chi connectivity index (χ4v) is 1.69. The maximum absolute atomic E-state index is 9.71. The molecular formula is C14H31NO2. The quantitative estimate of drug-likeness (QED) is 0.621. The number of hydrogen-bond acceptors (Lipinski definition) is 3. The Bertz CT molecular complexity index is 174. The van der Waals surface area contributed by atoms with Crippen LogP contribution >= 0.6 is 0 Å². The summed E-state index contributed by atoms with van der Waals surface area (Å²) in [6.45, 7) is 12.6. The van der Waals surface area contributed by atoms with Crippen molar-refractivity contribution in [2.45, 2.75) is 59.6 Å². The van der Waals surface area contributed by atoms with E-state index in [-0.39, 0.29) is 0 Å². The van der Waals surface area contributed by atoms with Crippen molar-refractivity contribution in [3.63, 3.8) is 0 Å². The van der Waals surface area contributed by atoms with Crippen LogP contribution < -0.4 is 5.32 Å². The zero-order chi connectivity index (χ0) is 13.3. The highest BCUT2D eigenvalue weighted by atomic mass is 16.5. The monoisotopic (exact) mass is 245 g/mol. The van der Waals surface area contributed by atoms with Crippen LogP contribution in [0.1, 0.15) is 47.5 Å². The standard InChI is InChI=1S/C14H31NO2/c1-6-12(4)7-13(5)15-8-14(16)10-17-9-11(2)3/h11-16H,6-10H2,1-5H3. The maximum Gasteiger partial charge on any atom is 0.0897 e. The first-order valence-electron chi connectivity index (χ1n) is 6.94. The second-order valence-electron chi connectivity index (χ2n) is 5.64. The van der Waals surface area contributed by atoms with E-state index in [9.17, 15) is 5.11 Å². The Morgan fingerprint density at radius 3 is 2.29 bits per heavy atom. The lowest BCUT2D eigenvalue weighted by molar-refractivity contribution is 0.0249. The lowest BCUT2D eigenvalue weighted by Crippen LogP contribution is -2.36. The first-order valence-corrected chi connectivity index (χ1v) is 6.94. The third-order valence-electron chi connectivity index (χ3n) is 2.92. The fourth-order valence-electron chi connectivity index (χ4n) is 1.69. The van der Waals surface area contributed by atoms with Crippen molar-refractivity contribution in [2.24, 2.45) is 11.8 Å². The first kappa shape index (κ1) is 16.9. The number of nitrogens with one attached hydrogen (secondary N) is 1. The minimum Gasteiger partial charge on any atom is -0.389 e. The van der Waals surface area contributed by atoms with Gasteiger partial charge in [-0.1, -0.05) is 34.1 Å². The minimum atomic E-state index is -0.395. The van der Waals surface area contributed by atoms with Gasteiger partial charge in [0.05, 0.1) is 12.7 Å². The van der Waals surface area contributed by atoms with Crippen LogP contribution in [0.4, 0.5) is 0 Å². The molecule has 0 aromatic heterocycles. The van der Waals surface area contributed by atoms with Crippen LogP contribution in [0.15, 0.2) is 0 Å². The molecule has 2 N–H and O–H groups in total. The van der Waals surface area contributed by atoms with Gasteiger partial charge in [-0.25, -0.2) is 0 Å². The molecule has 0 aromatic rings. The molecule has 3 heteroatoms. The van der Waals surface area contributed by atoms with Crippen LogP contribution in [-0.4, -0.2) is 37.0 Å². The van der Waals surface area contributed by atoms with Crippen LogP contribution in [0.25, 0.3) is 0 Å². The van der Waals surface area contributed by atoms with Crippen LogP contribution in [0.2, 0.25) is 0 Å². The number of rotatable bonds is 10. The van der Waals surface area contributed by atoms with Crippen LogP contribution in [0.3, 0.4) is 0 Å². The predicted molar refractivity (Wildman–Crippen MR) is 73.2 cm³/mol.